The monoisotopic (exact) mass is 290 g/mol. The van der Waals surface area contributed by atoms with Crippen LogP contribution >= 0.6 is 0 Å². The highest BCUT2D eigenvalue weighted by Gasteiger charge is 2.21. The van der Waals surface area contributed by atoms with E-state index in [-0.39, 0.29) is 5.91 Å². The number of para-hydroxylation sites is 1. The van der Waals surface area contributed by atoms with Crippen LogP contribution in [0.3, 0.4) is 0 Å². The van der Waals surface area contributed by atoms with Crippen LogP contribution in [0.1, 0.15) is 11.3 Å². The molecule has 1 aliphatic rings. The van der Waals surface area contributed by atoms with E-state index in [9.17, 15) is 4.79 Å². The van der Waals surface area contributed by atoms with E-state index in [0.29, 0.717) is 29.2 Å². The number of hydrogen-bond donors (Lipinski definition) is 3. The quantitative estimate of drug-likeness (QED) is 0.623. The van der Waals surface area contributed by atoms with E-state index in [1.165, 1.54) is 6.33 Å². The number of anilines is 3. The lowest BCUT2D eigenvalue weighted by molar-refractivity contribution is -0.115. The molecule has 3 heterocycles. The molecule has 3 N–H and O–H groups in total. The second-order valence-electron chi connectivity index (χ2n) is 4.83. The van der Waals surface area contributed by atoms with E-state index in [4.69, 9.17) is 6.42 Å². The molecule has 7 nitrogen and oxygen atoms in total. The van der Waals surface area contributed by atoms with Gasteiger partial charge in [0.05, 0.1) is 24.1 Å². The first-order valence-electron chi connectivity index (χ1n) is 6.61. The number of benzene rings is 1. The molecule has 106 valence electrons. The summed E-state index contributed by atoms with van der Waals surface area (Å²) in [4.78, 5) is 27.2. The van der Waals surface area contributed by atoms with Gasteiger partial charge in [-0.15, -0.1) is 6.42 Å². The van der Waals surface area contributed by atoms with E-state index in [1.807, 2.05) is 18.2 Å². The van der Waals surface area contributed by atoms with E-state index >= 15 is 0 Å². The summed E-state index contributed by atoms with van der Waals surface area (Å²) in [5, 5.41) is 5.92. The molecular formula is C15H10N6O. The highest BCUT2D eigenvalue weighted by atomic mass is 16.1. The first-order chi connectivity index (χ1) is 10.7. The molecule has 0 unspecified atom stereocenters. The average molecular weight is 290 g/mol. The van der Waals surface area contributed by atoms with Crippen molar-refractivity contribution in [2.24, 2.45) is 0 Å². The maximum atomic E-state index is 11.5. The van der Waals surface area contributed by atoms with Crippen LogP contribution in [-0.4, -0.2) is 25.8 Å². The number of amides is 1. The van der Waals surface area contributed by atoms with Gasteiger partial charge in [0.25, 0.3) is 0 Å². The highest BCUT2D eigenvalue weighted by molar-refractivity contribution is 6.03. The molecule has 0 atom stereocenters. The third-order valence-corrected chi connectivity index (χ3v) is 3.44. The largest absolute Gasteiger partial charge is 0.341 e. The van der Waals surface area contributed by atoms with Crippen molar-refractivity contribution in [3.8, 4) is 12.3 Å². The van der Waals surface area contributed by atoms with Gasteiger partial charge in [-0.2, -0.15) is 4.98 Å². The van der Waals surface area contributed by atoms with Gasteiger partial charge in [-0.1, -0.05) is 12.1 Å². The van der Waals surface area contributed by atoms with Gasteiger partial charge in [-0.3, -0.25) is 4.79 Å². The van der Waals surface area contributed by atoms with Crippen LogP contribution in [0.25, 0.3) is 11.2 Å². The molecule has 0 aliphatic carbocycles. The maximum absolute atomic E-state index is 11.5. The summed E-state index contributed by atoms with van der Waals surface area (Å²) in [5.41, 5.74) is 3.96. The van der Waals surface area contributed by atoms with Crippen molar-refractivity contribution >= 4 is 34.4 Å². The zero-order chi connectivity index (χ0) is 15.1. The number of nitrogens with one attached hydrogen (secondary N) is 3. The first kappa shape index (κ1) is 12.3. The normalized spacial score (nSPS) is 12.8. The number of H-pyrrole nitrogens is 1. The lowest BCUT2D eigenvalue weighted by Crippen LogP contribution is -2.06. The van der Waals surface area contributed by atoms with Crippen molar-refractivity contribution in [2.45, 2.75) is 6.42 Å². The minimum absolute atomic E-state index is 0.0303. The molecule has 3 aromatic rings. The van der Waals surface area contributed by atoms with Gasteiger partial charge in [0.2, 0.25) is 11.9 Å². The standard InChI is InChI=1S/C15H10N6O/c1-2-9-13-14(17-7-16-13)21-15(18-9)19-10-5-3-4-8-6-11(22)20-12(8)10/h1,3-5,7H,6H2,(H,20,22)(H2,16,17,18,19,21). The molecular weight excluding hydrogens is 280 g/mol. The number of aromatic amines is 1. The average Bonchev–Trinajstić information content (AvgIpc) is 3.12. The summed E-state index contributed by atoms with van der Waals surface area (Å²) in [5.74, 6) is 2.81. The van der Waals surface area contributed by atoms with Crippen LogP contribution in [0.4, 0.5) is 17.3 Å². The Hall–Kier alpha value is -3.40. The zero-order valence-corrected chi connectivity index (χ0v) is 11.3. The van der Waals surface area contributed by atoms with Gasteiger partial charge in [0.1, 0.15) is 11.2 Å². The van der Waals surface area contributed by atoms with E-state index < -0.39 is 0 Å². The lowest BCUT2D eigenvalue weighted by Gasteiger charge is -2.10. The smallest absolute Gasteiger partial charge is 0.230 e. The summed E-state index contributed by atoms with van der Waals surface area (Å²) in [6.07, 6.45) is 7.37. The van der Waals surface area contributed by atoms with E-state index in [2.05, 4.69) is 36.5 Å². The number of nitrogens with zero attached hydrogens (tertiary/aromatic N) is 3. The molecule has 2 aromatic heterocycles. The molecule has 4 rings (SSSR count). The van der Waals surface area contributed by atoms with Crippen LogP contribution < -0.4 is 10.6 Å². The van der Waals surface area contributed by atoms with Crippen LogP contribution in [0.15, 0.2) is 24.5 Å². The Morgan fingerprint density at radius 3 is 3.09 bits per heavy atom. The fraction of sp³-hybridized carbons (Fsp3) is 0.0667. The number of terminal acetylenes is 1. The number of carbonyl (C=O) groups is 1. The third-order valence-electron chi connectivity index (χ3n) is 3.44. The van der Waals surface area contributed by atoms with Gasteiger partial charge in [-0.05, 0) is 17.6 Å². The molecule has 0 saturated carbocycles. The van der Waals surface area contributed by atoms with Crippen molar-refractivity contribution in [3.05, 3.63) is 35.8 Å². The Bertz CT molecular complexity index is 952. The fourth-order valence-corrected chi connectivity index (χ4v) is 2.47. The van der Waals surface area contributed by atoms with Gasteiger partial charge < -0.3 is 15.6 Å². The highest BCUT2D eigenvalue weighted by Crippen LogP contribution is 2.32. The maximum Gasteiger partial charge on any atom is 0.230 e. The Kier molecular flexibility index (Phi) is 2.56. The molecule has 22 heavy (non-hydrogen) atoms. The molecule has 7 heteroatoms. The number of rotatable bonds is 2. The van der Waals surface area contributed by atoms with Crippen molar-refractivity contribution in [1.82, 2.24) is 19.9 Å². The van der Waals surface area contributed by atoms with Gasteiger partial charge >= 0.3 is 0 Å². The number of aromatic nitrogens is 4. The number of carbonyl (C=O) groups excluding carboxylic acids is 1. The lowest BCUT2D eigenvalue weighted by atomic mass is 10.1. The number of hydrogen-bond acceptors (Lipinski definition) is 5. The molecule has 1 aliphatic heterocycles. The molecule has 0 fully saturated rings. The van der Waals surface area contributed by atoms with Crippen LogP contribution in [-0.2, 0) is 11.2 Å². The van der Waals surface area contributed by atoms with E-state index in [1.54, 1.807) is 0 Å². The third kappa shape index (κ3) is 1.86. The minimum Gasteiger partial charge on any atom is -0.341 e. The van der Waals surface area contributed by atoms with E-state index in [0.717, 1.165) is 16.9 Å². The van der Waals surface area contributed by atoms with Gasteiger partial charge in [-0.25, -0.2) is 9.97 Å². The number of fused-ring (bicyclic) bond motifs is 2. The minimum atomic E-state index is -0.0303. The van der Waals surface area contributed by atoms with Crippen molar-refractivity contribution in [3.63, 3.8) is 0 Å². The molecule has 0 spiro atoms. The van der Waals surface area contributed by atoms with Gasteiger partial charge in [0.15, 0.2) is 5.65 Å². The Balaban J connectivity index is 1.78. The molecule has 1 aromatic carbocycles. The Labute approximate surface area is 125 Å². The second kappa shape index (κ2) is 4.56. The summed E-state index contributed by atoms with van der Waals surface area (Å²) >= 11 is 0. The molecule has 0 bridgehead atoms. The Morgan fingerprint density at radius 2 is 2.23 bits per heavy atom. The van der Waals surface area contributed by atoms with Crippen molar-refractivity contribution < 1.29 is 4.79 Å². The van der Waals surface area contributed by atoms with Crippen LogP contribution in [0.5, 0.6) is 0 Å². The molecule has 0 radical (unpaired) electrons. The number of imidazole rings is 1. The second-order valence-corrected chi connectivity index (χ2v) is 4.83. The topological polar surface area (TPSA) is 95.6 Å². The van der Waals surface area contributed by atoms with Crippen LogP contribution in [0, 0.1) is 12.3 Å². The van der Waals surface area contributed by atoms with Crippen molar-refractivity contribution in [1.29, 1.82) is 0 Å². The Morgan fingerprint density at radius 1 is 1.32 bits per heavy atom. The summed E-state index contributed by atoms with van der Waals surface area (Å²) in [7, 11) is 0. The molecule has 0 saturated heterocycles. The predicted molar refractivity (Wildman–Crippen MR) is 81.7 cm³/mol. The zero-order valence-electron chi connectivity index (χ0n) is 11.3. The van der Waals surface area contributed by atoms with Crippen LogP contribution in [0.2, 0.25) is 0 Å². The molecule has 1 amide bonds. The summed E-state index contributed by atoms with van der Waals surface area (Å²) in [6.45, 7) is 0. The summed E-state index contributed by atoms with van der Waals surface area (Å²) < 4.78 is 0. The fourth-order valence-electron chi connectivity index (χ4n) is 2.47. The van der Waals surface area contributed by atoms with Gasteiger partial charge in [0, 0.05) is 0 Å². The SMILES string of the molecule is C#Cc1nc(Nc2cccc3c2NC(=O)C3)nc2nc[nH]c12. The van der Waals surface area contributed by atoms with Crippen molar-refractivity contribution in [2.75, 3.05) is 10.6 Å². The first-order valence-corrected chi connectivity index (χ1v) is 6.61. The predicted octanol–water partition coefficient (Wildman–Crippen LogP) is 1.57. The summed E-state index contributed by atoms with van der Waals surface area (Å²) in [6, 6.07) is 5.62.